The lowest BCUT2D eigenvalue weighted by Gasteiger charge is -2.26. The van der Waals surface area contributed by atoms with Crippen LogP contribution in [0.25, 0.3) is 0 Å². The average Bonchev–Trinajstić information content (AvgIpc) is 3.02. The van der Waals surface area contributed by atoms with E-state index in [0.29, 0.717) is 24.4 Å². The van der Waals surface area contributed by atoms with Crippen LogP contribution >= 0.6 is 0 Å². The molecule has 0 spiro atoms. The molecular weight excluding hydrogens is 284 g/mol. The van der Waals surface area contributed by atoms with Crippen LogP contribution in [0.3, 0.4) is 0 Å². The molecule has 0 aliphatic carbocycles. The van der Waals surface area contributed by atoms with Crippen molar-refractivity contribution < 1.29 is 4.74 Å². The predicted octanol–water partition coefficient (Wildman–Crippen LogP) is 4.45. The molecule has 1 saturated heterocycles. The molecule has 122 valence electrons. The van der Waals surface area contributed by atoms with Crippen molar-refractivity contribution in [1.29, 1.82) is 0 Å². The van der Waals surface area contributed by atoms with E-state index < -0.39 is 0 Å². The summed E-state index contributed by atoms with van der Waals surface area (Å²) in [6.45, 7) is 7.50. The Morgan fingerprint density at radius 3 is 2.70 bits per heavy atom. The highest BCUT2D eigenvalue weighted by Crippen LogP contribution is 2.32. The van der Waals surface area contributed by atoms with Gasteiger partial charge in [-0.1, -0.05) is 50.2 Å². The van der Waals surface area contributed by atoms with E-state index in [1.165, 1.54) is 24.9 Å². The normalized spacial score (nSPS) is 18.5. The second kappa shape index (κ2) is 7.60. The van der Waals surface area contributed by atoms with Gasteiger partial charge in [-0.2, -0.15) is 0 Å². The van der Waals surface area contributed by atoms with Gasteiger partial charge in [0.05, 0.1) is 0 Å². The second-order valence-corrected chi connectivity index (χ2v) is 6.75. The molecule has 0 unspecified atom stereocenters. The summed E-state index contributed by atoms with van der Waals surface area (Å²) in [5, 5.41) is 0. The number of pyridine rings is 1. The molecule has 1 aromatic heterocycles. The van der Waals surface area contributed by atoms with Gasteiger partial charge >= 0.3 is 0 Å². The van der Waals surface area contributed by atoms with E-state index in [2.05, 4.69) is 41.9 Å². The van der Waals surface area contributed by atoms with Crippen molar-refractivity contribution in [1.82, 2.24) is 9.88 Å². The zero-order valence-corrected chi connectivity index (χ0v) is 14.1. The van der Waals surface area contributed by atoms with Gasteiger partial charge in [-0.25, -0.2) is 4.98 Å². The van der Waals surface area contributed by atoms with Crippen LogP contribution in [0.2, 0.25) is 0 Å². The number of ether oxygens (including phenoxy) is 1. The summed E-state index contributed by atoms with van der Waals surface area (Å²) in [7, 11) is 0. The Morgan fingerprint density at radius 2 is 2.00 bits per heavy atom. The first-order valence-corrected chi connectivity index (χ1v) is 8.59. The SMILES string of the molecule is CC(C)CN1CCC[C@@H]1c1ccc(OCc2ccccc2)nc1. The molecule has 0 radical (unpaired) electrons. The molecule has 1 aromatic carbocycles. The number of nitrogens with zero attached hydrogens (tertiary/aromatic N) is 2. The first-order chi connectivity index (χ1) is 11.2. The molecule has 0 saturated carbocycles. The lowest BCUT2D eigenvalue weighted by molar-refractivity contribution is 0.228. The second-order valence-electron chi connectivity index (χ2n) is 6.75. The molecule has 2 aromatic rings. The quantitative estimate of drug-likeness (QED) is 0.788. The largest absolute Gasteiger partial charge is 0.473 e. The topological polar surface area (TPSA) is 25.4 Å². The van der Waals surface area contributed by atoms with Gasteiger partial charge in [0, 0.05) is 24.8 Å². The maximum absolute atomic E-state index is 5.78. The lowest BCUT2D eigenvalue weighted by atomic mass is 10.1. The van der Waals surface area contributed by atoms with Gasteiger partial charge in [0.15, 0.2) is 0 Å². The predicted molar refractivity (Wildman–Crippen MR) is 93.4 cm³/mol. The fourth-order valence-corrected chi connectivity index (χ4v) is 3.30. The molecule has 2 heterocycles. The van der Waals surface area contributed by atoms with E-state index in [0.717, 1.165) is 12.1 Å². The molecule has 1 aliphatic heterocycles. The molecular formula is C20H26N2O. The summed E-state index contributed by atoms with van der Waals surface area (Å²) < 4.78 is 5.78. The third-order valence-electron chi connectivity index (χ3n) is 4.34. The number of hydrogen-bond donors (Lipinski definition) is 0. The van der Waals surface area contributed by atoms with Crippen molar-refractivity contribution >= 4 is 0 Å². The Kier molecular flexibility index (Phi) is 5.29. The highest BCUT2D eigenvalue weighted by molar-refractivity contribution is 5.22. The standard InChI is InChI=1S/C20H26N2O/c1-16(2)14-22-12-6-9-19(22)18-10-11-20(21-13-18)23-15-17-7-4-3-5-8-17/h3-5,7-8,10-11,13,16,19H,6,9,12,14-15H2,1-2H3/t19-/m1/s1. The summed E-state index contributed by atoms with van der Waals surface area (Å²) in [6.07, 6.45) is 4.51. The minimum atomic E-state index is 0.521. The molecule has 23 heavy (non-hydrogen) atoms. The molecule has 3 nitrogen and oxygen atoms in total. The fraction of sp³-hybridized carbons (Fsp3) is 0.450. The highest BCUT2D eigenvalue weighted by atomic mass is 16.5. The Balaban J connectivity index is 1.60. The smallest absolute Gasteiger partial charge is 0.213 e. The summed E-state index contributed by atoms with van der Waals surface area (Å²) in [4.78, 5) is 7.09. The summed E-state index contributed by atoms with van der Waals surface area (Å²) in [6, 6.07) is 14.9. The van der Waals surface area contributed by atoms with Crippen molar-refractivity contribution in [3.05, 3.63) is 59.8 Å². The number of aromatic nitrogens is 1. The van der Waals surface area contributed by atoms with Crippen LogP contribution in [0.5, 0.6) is 5.88 Å². The third kappa shape index (κ3) is 4.32. The number of likely N-dealkylation sites (tertiary alicyclic amines) is 1. The summed E-state index contributed by atoms with van der Waals surface area (Å²) in [5.41, 5.74) is 2.48. The first kappa shape index (κ1) is 16.0. The van der Waals surface area contributed by atoms with Gasteiger partial charge in [0.1, 0.15) is 6.61 Å². The van der Waals surface area contributed by atoms with E-state index in [1.807, 2.05) is 30.5 Å². The molecule has 1 atom stereocenters. The third-order valence-corrected chi connectivity index (χ3v) is 4.34. The van der Waals surface area contributed by atoms with E-state index in [1.54, 1.807) is 0 Å². The molecule has 0 N–H and O–H groups in total. The van der Waals surface area contributed by atoms with Crippen LogP contribution < -0.4 is 4.74 Å². The van der Waals surface area contributed by atoms with Crippen LogP contribution in [-0.4, -0.2) is 23.0 Å². The Hall–Kier alpha value is -1.87. The van der Waals surface area contributed by atoms with E-state index >= 15 is 0 Å². The molecule has 0 bridgehead atoms. The molecule has 0 amide bonds. The summed E-state index contributed by atoms with van der Waals surface area (Å²) in [5.74, 6) is 1.41. The maximum atomic E-state index is 5.78. The van der Waals surface area contributed by atoms with Gasteiger partial charge in [-0.15, -0.1) is 0 Å². The Labute approximate surface area is 139 Å². The number of rotatable bonds is 6. The van der Waals surface area contributed by atoms with Gasteiger partial charge < -0.3 is 4.74 Å². The van der Waals surface area contributed by atoms with Gasteiger partial charge in [0.25, 0.3) is 0 Å². The van der Waals surface area contributed by atoms with Gasteiger partial charge in [-0.05, 0) is 36.4 Å². The van der Waals surface area contributed by atoms with Crippen LogP contribution in [0.4, 0.5) is 0 Å². The van der Waals surface area contributed by atoms with Crippen molar-refractivity contribution in [2.45, 2.75) is 39.3 Å². The van der Waals surface area contributed by atoms with E-state index in [4.69, 9.17) is 4.74 Å². The first-order valence-electron chi connectivity index (χ1n) is 8.59. The molecule has 3 rings (SSSR count). The van der Waals surface area contributed by atoms with Crippen LogP contribution in [0.1, 0.15) is 43.9 Å². The lowest BCUT2D eigenvalue weighted by Crippen LogP contribution is -2.27. The Bertz CT molecular complexity index is 595. The van der Waals surface area contributed by atoms with Gasteiger partial charge in [0.2, 0.25) is 5.88 Å². The number of hydrogen-bond acceptors (Lipinski definition) is 3. The minimum absolute atomic E-state index is 0.521. The summed E-state index contributed by atoms with van der Waals surface area (Å²) >= 11 is 0. The molecule has 1 fully saturated rings. The number of benzene rings is 1. The zero-order valence-electron chi connectivity index (χ0n) is 14.1. The van der Waals surface area contributed by atoms with Crippen molar-refractivity contribution in [3.63, 3.8) is 0 Å². The molecule has 1 aliphatic rings. The van der Waals surface area contributed by atoms with E-state index in [9.17, 15) is 0 Å². The maximum Gasteiger partial charge on any atom is 0.213 e. The van der Waals surface area contributed by atoms with Crippen LogP contribution in [-0.2, 0) is 6.61 Å². The van der Waals surface area contributed by atoms with Crippen molar-refractivity contribution in [2.75, 3.05) is 13.1 Å². The molecule has 3 heteroatoms. The van der Waals surface area contributed by atoms with Crippen LogP contribution in [0.15, 0.2) is 48.7 Å². The van der Waals surface area contributed by atoms with E-state index in [-0.39, 0.29) is 0 Å². The Morgan fingerprint density at radius 1 is 1.17 bits per heavy atom. The minimum Gasteiger partial charge on any atom is -0.473 e. The zero-order chi connectivity index (χ0) is 16.1. The highest BCUT2D eigenvalue weighted by Gasteiger charge is 2.26. The fourth-order valence-electron chi connectivity index (χ4n) is 3.30. The van der Waals surface area contributed by atoms with Crippen molar-refractivity contribution in [2.24, 2.45) is 5.92 Å². The van der Waals surface area contributed by atoms with Crippen molar-refractivity contribution in [3.8, 4) is 5.88 Å². The average molecular weight is 310 g/mol. The van der Waals surface area contributed by atoms with Crippen LogP contribution in [0, 0.1) is 5.92 Å². The van der Waals surface area contributed by atoms with Gasteiger partial charge in [-0.3, -0.25) is 4.90 Å². The monoisotopic (exact) mass is 310 g/mol.